The molecule has 0 aliphatic heterocycles. The van der Waals surface area contributed by atoms with E-state index in [1.807, 2.05) is 0 Å². The summed E-state index contributed by atoms with van der Waals surface area (Å²) in [7, 11) is 0. The normalized spacial score (nSPS) is 10.9. The van der Waals surface area contributed by atoms with E-state index in [-0.39, 0.29) is 5.78 Å². The minimum atomic E-state index is -0.217. The Balaban J connectivity index is 2.23. The van der Waals surface area contributed by atoms with E-state index in [1.54, 1.807) is 23.6 Å². The molecule has 3 nitrogen and oxygen atoms in total. The predicted octanol–water partition coefficient (Wildman–Crippen LogP) is 3.74. The molecule has 0 atom stereocenters. The van der Waals surface area contributed by atoms with Crippen molar-refractivity contribution in [3.63, 3.8) is 0 Å². The maximum absolute atomic E-state index is 11.8. The quantitative estimate of drug-likeness (QED) is 0.637. The lowest BCUT2D eigenvalue weighted by atomic mass is 10.1. The van der Waals surface area contributed by atoms with E-state index in [4.69, 9.17) is 23.2 Å². The molecule has 1 aromatic carbocycles. The van der Waals surface area contributed by atoms with Crippen LogP contribution in [0.2, 0.25) is 10.0 Å². The van der Waals surface area contributed by atoms with Crippen LogP contribution in [-0.2, 0) is 0 Å². The molecule has 1 heterocycles. The van der Waals surface area contributed by atoms with Gasteiger partial charge in [-0.05, 0) is 41.9 Å². The van der Waals surface area contributed by atoms with Crippen molar-refractivity contribution in [2.75, 3.05) is 0 Å². The summed E-state index contributed by atoms with van der Waals surface area (Å²) >= 11 is 12.9. The van der Waals surface area contributed by atoms with E-state index in [9.17, 15) is 4.79 Å². The Labute approximate surface area is 112 Å². The summed E-state index contributed by atoms with van der Waals surface area (Å²) in [5, 5.41) is 6.38. The minimum Gasteiger partial charge on any atom is -0.289 e. The van der Waals surface area contributed by atoms with Crippen LogP contribution in [0.5, 0.6) is 0 Å². The summed E-state index contributed by atoms with van der Waals surface area (Å²) in [4.78, 5) is 11.8. The van der Waals surface area contributed by atoms with Gasteiger partial charge in [0.25, 0.3) is 0 Å². The molecule has 0 amide bonds. The molecule has 0 saturated carbocycles. The third kappa shape index (κ3) is 3.12. The molecular weight excluding hydrogens is 279 g/mol. The summed E-state index contributed by atoms with van der Waals surface area (Å²) in [6.07, 6.45) is 2.98. The van der Waals surface area contributed by atoms with E-state index >= 15 is 0 Å². The molecule has 0 bridgehead atoms. The molecule has 2 rings (SSSR count). The summed E-state index contributed by atoms with van der Waals surface area (Å²) in [6.45, 7) is 0. The molecule has 17 heavy (non-hydrogen) atoms. The largest absolute Gasteiger partial charge is 0.289 e. The number of allylic oxidation sites excluding steroid dienone is 1. The topological polar surface area (TPSA) is 42.9 Å². The second-order valence-electron chi connectivity index (χ2n) is 3.15. The fourth-order valence-electron chi connectivity index (χ4n) is 1.18. The first-order chi connectivity index (χ1) is 8.16. The third-order valence-electron chi connectivity index (χ3n) is 1.98. The predicted molar refractivity (Wildman–Crippen MR) is 69.7 cm³/mol. The van der Waals surface area contributed by atoms with Gasteiger partial charge in [-0.15, -0.1) is 5.10 Å². The first-order valence-electron chi connectivity index (χ1n) is 4.61. The Morgan fingerprint density at radius 2 is 2.18 bits per heavy atom. The van der Waals surface area contributed by atoms with E-state index < -0.39 is 0 Å². The Bertz CT molecular complexity index is 567. The van der Waals surface area contributed by atoms with E-state index in [0.29, 0.717) is 21.3 Å². The van der Waals surface area contributed by atoms with Crippen LogP contribution >= 0.6 is 34.7 Å². The Morgan fingerprint density at radius 3 is 2.88 bits per heavy atom. The lowest BCUT2D eigenvalue weighted by Gasteiger charge is -1.99. The Kier molecular flexibility index (Phi) is 3.89. The highest BCUT2D eigenvalue weighted by Crippen LogP contribution is 2.21. The molecule has 0 radical (unpaired) electrons. The molecule has 0 N–H and O–H groups in total. The van der Waals surface area contributed by atoms with Crippen LogP contribution < -0.4 is 0 Å². The van der Waals surface area contributed by atoms with Gasteiger partial charge in [0.05, 0.1) is 10.7 Å². The van der Waals surface area contributed by atoms with E-state index in [2.05, 4.69) is 9.59 Å². The zero-order valence-corrected chi connectivity index (χ0v) is 10.8. The number of benzene rings is 1. The fourth-order valence-corrected chi connectivity index (χ4v) is 1.99. The van der Waals surface area contributed by atoms with Crippen LogP contribution in [0.4, 0.5) is 0 Å². The monoisotopic (exact) mass is 284 g/mol. The lowest BCUT2D eigenvalue weighted by molar-refractivity contribution is 0.104. The van der Waals surface area contributed by atoms with Crippen molar-refractivity contribution in [1.82, 2.24) is 9.59 Å². The molecule has 86 valence electrons. The first kappa shape index (κ1) is 12.2. The van der Waals surface area contributed by atoms with E-state index in [1.165, 1.54) is 23.7 Å². The van der Waals surface area contributed by atoms with Crippen molar-refractivity contribution in [2.45, 2.75) is 0 Å². The van der Waals surface area contributed by atoms with Crippen molar-refractivity contribution >= 4 is 46.6 Å². The van der Waals surface area contributed by atoms with E-state index in [0.717, 1.165) is 0 Å². The smallest absolute Gasteiger partial charge is 0.187 e. The number of hydrogen-bond acceptors (Lipinski definition) is 4. The van der Waals surface area contributed by atoms with Crippen molar-refractivity contribution in [2.24, 2.45) is 0 Å². The van der Waals surface area contributed by atoms with Gasteiger partial charge in [-0.3, -0.25) is 4.79 Å². The van der Waals surface area contributed by atoms with Gasteiger partial charge in [0, 0.05) is 16.0 Å². The molecule has 1 aromatic heterocycles. The number of ketones is 1. The number of hydrogen-bond donors (Lipinski definition) is 0. The van der Waals surface area contributed by atoms with Gasteiger partial charge >= 0.3 is 0 Å². The number of nitrogens with zero attached hydrogens (tertiary/aromatic N) is 2. The molecule has 0 spiro atoms. The summed E-state index contributed by atoms with van der Waals surface area (Å²) in [5.74, 6) is -0.217. The van der Waals surface area contributed by atoms with Crippen LogP contribution in [0.15, 0.2) is 29.7 Å². The minimum absolute atomic E-state index is 0.217. The van der Waals surface area contributed by atoms with Crippen molar-refractivity contribution < 1.29 is 4.79 Å². The highest BCUT2D eigenvalue weighted by atomic mass is 35.5. The molecule has 0 aliphatic rings. The standard InChI is InChI=1S/C11H6Cl2N2OS/c12-7-1-3-10(13)9(5-7)11(16)4-2-8-6-17-15-14-8/h1-6H/b4-2-. The Hall–Kier alpha value is -1.23. The second kappa shape index (κ2) is 5.40. The molecular formula is C11H6Cl2N2OS. The van der Waals surface area contributed by atoms with Gasteiger partial charge in [-0.25, -0.2) is 0 Å². The zero-order valence-electron chi connectivity index (χ0n) is 8.43. The molecule has 0 aliphatic carbocycles. The van der Waals surface area contributed by atoms with Gasteiger partial charge in [0.15, 0.2) is 5.78 Å². The molecule has 6 heteroatoms. The highest BCUT2D eigenvalue weighted by molar-refractivity contribution is 7.03. The van der Waals surface area contributed by atoms with Crippen LogP contribution in [-0.4, -0.2) is 15.4 Å². The molecule has 2 aromatic rings. The molecule has 0 fully saturated rings. The van der Waals surface area contributed by atoms with Crippen molar-refractivity contribution in [3.8, 4) is 0 Å². The van der Waals surface area contributed by atoms with Crippen molar-refractivity contribution in [3.05, 3.63) is 51.0 Å². The van der Waals surface area contributed by atoms with Gasteiger partial charge in [-0.2, -0.15) is 0 Å². The average Bonchev–Trinajstić information content (AvgIpc) is 2.82. The number of halogens is 2. The van der Waals surface area contributed by atoms with Crippen LogP contribution in [0.1, 0.15) is 16.1 Å². The van der Waals surface area contributed by atoms with Crippen molar-refractivity contribution in [1.29, 1.82) is 0 Å². The highest BCUT2D eigenvalue weighted by Gasteiger charge is 2.08. The maximum Gasteiger partial charge on any atom is 0.187 e. The van der Waals surface area contributed by atoms with Crippen LogP contribution in [0.3, 0.4) is 0 Å². The first-order valence-corrected chi connectivity index (χ1v) is 6.20. The number of aromatic nitrogens is 2. The van der Waals surface area contributed by atoms with Crippen LogP contribution in [0.25, 0.3) is 6.08 Å². The Morgan fingerprint density at radius 1 is 1.35 bits per heavy atom. The summed E-state index contributed by atoms with van der Waals surface area (Å²) < 4.78 is 3.69. The number of rotatable bonds is 3. The molecule has 0 unspecified atom stereocenters. The van der Waals surface area contributed by atoms with Gasteiger partial charge in [0.2, 0.25) is 0 Å². The number of carbonyl (C=O) groups is 1. The van der Waals surface area contributed by atoms with Gasteiger partial charge in [0.1, 0.15) is 0 Å². The lowest BCUT2D eigenvalue weighted by Crippen LogP contribution is -1.95. The second-order valence-corrected chi connectivity index (χ2v) is 4.60. The van der Waals surface area contributed by atoms with Crippen LogP contribution in [0, 0.1) is 0 Å². The number of carbonyl (C=O) groups excluding carboxylic acids is 1. The van der Waals surface area contributed by atoms with Gasteiger partial charge < -0.3 is 0 Å². The summed E-state index contributed by atoms with van der Waals surface area (Å²) in [5.41, 5.74) is 1.01. The summed E-state index contributed by atoms with van der Waals surface area (Å²) in [6, 6.07) is 4.76. The third-order valence-corrected chi connectivity index (χ3v) is 3.06. The van der Waals surface area contributed by atoms with Gasteiger partial charge in [-0.1, -0.05) is 27.7 Å². The zero-order chi connectivity index (χ0) is 12.3. The fraction of sp³-hybridized carbons (Fsp3) is 0. The average molecular weight is 285 g/mol. The maximum atomic E-state index is 11.8. The SMILES string of the molecule is O=C(/C=C\c1csnn1)c1cc(Cl)ccc1Cl. The molecule has 0 saturated heterocycles.